The Morgan fingerprint density at radius 3 is 2.00 bits per heavy atom. The maximum absolute atomic E-state index is 12.8. The number of benzene rings is 4. The van der Waals surface area contributed by atoms with Crippen molar-refractivity contribution in [2.45, 2.75) is 18.9 Å². The molecule has 1 fully saturated rings. The number of halogens is 1. The van der Waals surface area contributed by atoms with E-state index in [2.05, 4.69) is 46.2 Å². The number of carbonyl (C=O) groups excluding carboxylic acids is 4. The van der Waals surface area contributed by atoms with Crippen LogP contribution in [0.15, 0.2) is 121 Å². The molecule has 51 heavy (non-hydrogen) atoms. The van der Waals surface area contributed by atoms with Crippen LogP contribution in [0.1, 0.15) is 51.5 Å². The summed E-state index contributed by atoms with van der Waals surface area (Å²) in [6.07, 6.45) is 1.75. The molecule has 9 nitrogen and oxygen atoms in total. The molecule has 2 atom stereocenters. The van der Waals surface area contributed by atoms with E-state index < -0.39 is 23.8 Å². The third kappa shape index (κ3) is 11.0. The van der Waals surface area contributed by atoms with Crippen LogP contribution in [0.25, 0.3) is 0 Å². The van der Waals surface area contributed by atoms with Crippen molar-refractivity contribution in [2.24, 2.45) is 0 Å². The predicted octanol–water partition coefficient (Wildman–Crippen LogP) is 6.27. The second-order valence-electron chi connectivity index (χ2n) is 12.1. The minimum atomic E-state index is -1.00. The minimum Gasteiger partial charge on any atom is -0.460 e. The van der Waals surface area contributed by atoms with Crippen LogP contribution >= 0.6 is 11.6 Å². The van der Waals surface area contributed by atoms with E-state index in [4.69, 9.17) is 25.8 Å². The molecule has 4 aromatic carbocycles. The second-order valence-corrected chi connectivity index (χ2v) is 12.6. The maximum atomic E-state index is 12.8. The summed E-state index contributed by atoms with van der Waals surface area (Å²) in [4.78, 5) is 54.5. The first-order chi connectivity index (χ1) is 24.8. The monoisotopic (exact) mass is 708 g/mol. The lowest BCUT2D eigenvalue weighted by atomic mass is 9.96. The Balaban J connectivity index is 0.970. The van der Waals surface area contributed by atoms with Crippen molar-refractivity contribution < 1.29 is 33.4 Å². The van der Waals surface area contributed by atoms with E-state index in [1.807, 2.05) is 24.3 Å². The Morgan fingerprint density at radius 2 is 1.29 bits per heavy atom. The molecule has 0 radical (unpaired) electrons. The number of carbonyl (C=O) groups is 4. The minimum absolute atomic E-state index is 0.0137. The zero-order valence-electron chi connectivity index (χ0n) is 28.5. The van der Waals surface area contributed by atoms with Crippen molar-refractivity contribution in [3.8, 4) is 0 Å². The molecule has 0 aromatic heterocycles. The number of hydrogen-bond donors (Lipinski definition) is 0. The molecule has 0 amide bonds. The fraction of sp³-hybridized carbons (Fsp3) is 0.268. The first-order valence-electron chi connectivity index (χ1n) is 16.9. The summed E-state index contributed by atoms with van der Waals surface area (Å²) >= 11 is 6.16. The average molecular weight is 709 g/mol. The summed E-state index contributed by atoms with van der Waals surface area (Å²) in [7, 11) is 0. The number of nitrogens with zero attached hydrogens (tertiary/aromatic N) is 2. The van der Waals surface area contributed by atoms with Gasteiger partial charge in [0, 0.05) is 61.0 Å². The van der Waals surface area contributed by atoms with Crippen molar-refractivity contribution in [3.05, 3.63) is 154 Å². The van der Waals surface area contributed by atoms with Crippen LogP contribution in [0, 0.1) is 0 Å². The summed E-state index contributed by atoms with van der Waals surface area (Å²) in [5.74, 6) is -3.57. The molecule has 264 valence electrons. The zero-order valence-corrected chi connectivity index (χ0v) is 29.2. The molecule has 0 N–H and O–H groups in total. The molecule has 1 aliphatic rings. The maximum Gasteiger partial charge on any atom is 0.338 e. The lowest BCUT2D eigenvalue weighted by molar-refractivity contribution is -0.157. The molecule has 1 heterocycles. The normalized spacial score (nSPS) is 14.9. The Morgan fingerprint density at radius 1 is 0.686 bits per heavy atom. The molecular weight excluding hydrogens is 668 g/mol. The Labute approximate surface area is 303 Å². The molecule has 0 spiro atoms. The fourth-order valence-corrected chi connectivity index (χ4v) is 6.01. The summed E-state index contributed by atoms with van der Waals surface area (Å²) in [5.41, 5.74) is 3.92. The largest absolute Gasteiger partial charge is 0.460 e. The van der Waals surface area contributed by atoms with Gasteiger partial charge in [0.2, 0.25) is 0 Å². The number of ketones is 1. The highest BCUT2D eigenvalue weighted by atomic mass is 35.5. The molecule has 4 aromatic rings. The van der Waals surface area contributed by atoms with Gasteiger partial charge in [0.15, 0.2) is 5.78 Å². The van der Waals surface area contributed by atoms with Gasteiger partial charge in [-0.2, -0.15) is 0 Å². The van der Waals surface area contributed by atoms with Gasteiger partial charge >= 0.3 is 17.9 Å². The quantitative estimate of drug-likeness (QED) is 0.0465. The molecule has 0 unspecified atom stereocenters. The highest BCUT2D eigenvalue weighted by Gasteiger charge is 2.26. The predicted molar refractivity (Wildman–Crippen MR) is 194 cm³/mol. The molecule has 0 saturated carbocycles. The van der Waals surface area contributed by atoms with Crippen LogP contribution < -0.4 is 0 Å². The van der Waals surface area contributed by atoms with Gasteiger partial charge in [0.05, 0.1) is 25.2 Å². The van der Waals surface area contributed by atoms with Crippen molar-refractivity contribution in [2.75, 3.05) is 52.5 Å². The summed E-state index contributed by atoms with van der Waals surface area (Å²) in [6.45, 7) is 6.65. The highest BCUT2D eigenvalue weighted by Crippen LogP contribution is 2.30. The Bertz CT molecular complexity index is 1790. The first kappa shape index (κ1) is 37.3. The van der Waals surface area contributed by atoms with Crippen LogP contribution in [0.3, 0.4) is 0 Å². The summed E-state index contributed by atoms with van der Waals surface area (Å²) in [6, 6.07) is 34.1. The lowest BCUT2D eigenvalue weighted by Gasteiger charge is -2.39. The third-order valence-electron chi connectivity index (χ3n) is 8.69. The molecule has 0 bridgehead atoms. The van der Waals surface area contributed by atoms with Crippen LogP contribution in [-0.4, -0.2) is 86.0 Å². The van der Waals surface area contributed by atoms with Crippen molar-refractivity contribution in [3.63, 3.8) is 0 Å². The van der Waals surface area contributed by atoms with E-state index in [-0.39, 0.29) is 25.0 Å². The molecule has 1 saturated heterocycles. The fourth-order valence-electron chi connectivity index (χ4n) is 5.88. The van der Waals surface area contributed by atoms with Crippen molar-refractivity contribution in [1.82, 2.24) is 9.80 Å². The first-order valence-corrected chi connectivity index (χ1v) is 17.3. The van der Waals surface area contributed by atoms with E-state index >= 15 is 0 Å². The highest BCUT2D eigenvalue weighted by molar-refractivity contribution is 6.30. The number of hydrogen-bond acceptors (Lipinski definition) is 9. The van der Waals surface area contributed by atoms with Gasteiger partial charge in [-0.1, -0.05) is 103 Å². The van der Waals surface area contributed by atoms with E-state index in [9.17, 15) is 19.2 Å². The van der Waals surface area contributed by atoms with Crippen LogP contribution in [0.2, 0.25) is 5.02 Å². The van der Waals surface area contributed by atoms with Gasteiger partial charge in [-0.25, -0.2) is 9.59 Å². The number of piperazine rings is 1. The van der Waals surface area contributed by atoms with E-state index in [1.165, 1.54) is 11.1 Å². The molecular formula is C41H41ClN2O7. The van der Waals surface area contributed by atoms with Crippen LogP contribution in [0.4, 0.5) is 0 Å². The lowest BCUT2D eigenvalue weighted by Crippen LogP contribution is -2.48. The SMILES string of the molecule is C[C@H](C(=O)OC(=O)/C=C\C(=O)OCCOCCN1CCN([C@@H](c2ccccc2)c2ccc(Cl)cc2)CC1)c1cccc(C(=O)c2ccccc2)c1. The topological polar surface area (TPSA) is 102 Å². The molecule has 0 aliphatic carbocycles. The third-order valence-corrected chi connectivity index (χ3v) is 8.94. The number of rotatable bonds is 15. The van der Waals surface area contributed by atoms with Gasteiger partial charge < -0.3 is 14.2 Å². The van der Waals surface area contributed by atoms with Crippen molar-refractivity contribution in [1.29, 1.82) is 0 Å². The van der Waals surface area contributed by atoms with Gasteiger partial charge in [-0.05, 0) is 41.8 Å². The number of ether oxygens (including phenoxy) is 3. The van der Waals surface area contributed by atoms with Gasteiger partial charge in [-0.15, -0.1) is 0 Å². The van der Waals surface area contributed by atoms with Gasteiger partial charge in [0.25, 0.3) is 0 Å². The Hall–Kier alpha value is -4.93. The molecule has 5 rings (SSSR count). The van der Waals surface area contributed by atoms with E-state index in [1.54, 1.807) is 55.5 Å². The number of esters is 3. The Kier molecular flexibility index (Phi) is 13.8. The smallest absolute Gasteiger partial charge is 0.338 e. The summed E-state index contributed by atoms with van der Waals surface area (Å²) in [5, 5.41) is 0.722. The summed E-state index contributed by atoms with van der Waals surface area (Å²) < 4.78 is 15.7. The average Bonchev–Trinajstić information content (AvgIpc) is 3.17. The zero-order chi connectivity index (χ0) is 36.0. The van der Waals surface area contributed by atoms with E-state index in [0.717, 1.165) is 49.9 Å². The molecule has 1 aliphatic heterocycles. The van der Waals surface area contributed by atoms with Crippen LogP contribution in [-0.2, 0) is 28.6 Å². The van der Waals surface area contributed by atoms with Gasteiger partial charge in [-0.3, -0.25) is 19.4 Å². The molecule has 10 heteroatoms. The second kappa shape index (κ2) is 18.9. The van der Waals surface area contributed by atoms with E-state index in [0.29, 0.717) is 23.3 Å². The van der Waals surface area contributed by atoms with Crippen molar-refractivity contribution >= 4 is 35.3 Å². The standard InChI is InChI=1S/C41H41ClN2O7/c1-30(34-13-8-14-35(29-34)40(47)33-11-6-3-7-12-33)41(48)51-38(46)20-19-37(45)50-28-27-49-26-25-43-21-23-44(24-22-43)39(31-9-4-2-5-10-31)32-15-17-36(42)18-16-32/h2-20,29-30,39H,21-28H2,1H3/b20-19-/t30-,39-/m0/s1. The van der Waals surface area contributed by atoms with Gasteiger partial charge in [0.1, 0.15) is 6.61 Å². The van der Waals surface area contributed by atoms with Crippen LogP contribution in [0.5, 0.6) is 0 Å².